The van der Waals surface area contributed by atoms with E-state index in [4.69, 9.17) is 9.84 Å². The van der Waals surface area contributed by atoms with Crippen molar-refractivity contribution in [3.05, 3.63) is 62.0 Å². The van der Waals surface area contributed by atoms with Gasteiger partial charge in [-0.05, 0) is 67.8 Å². The van der Waals surface area contributed by atoms with Crippen molar-refractivity contribution in [2.45, 2.75) is 0 Å². The maximum Gasteiger partial charge on any atom is 0.337 e. The lowest BCUT2D eigenvalue weighted by atomic mass is 10.1. The molecule has 2 aromatic carbocycles. The molecule has 0 spiro atoms. The van der Waals surface area contributed by atoms with Gasteiger partial charge in [-0.25, -0.2) is 4.79 Å². The molecule has 6 nitrogen and oxygen atoms in total. The zero-order valence-electron chi connectivity index (χ0n) is 13.4. The Labute approximate surface area is 166 Å². The monoisotopic (exact) mass is 478 g/mol. The Hall–Kier alpha value is -2.63. The number of carboxylic acid groups (broad SMARTS) is 1. The first-order valence-electron chi connectivity index (χ1n) is 7.16. The number of hydrogen-bond acceptors (Lipinski definition) is 4. The number of amides is 1. The fraction of sp³-hybridized carbons (Fsp3) is 0.0556. The summed E-state index contributed by atoms with van der Waals surface area (Å²) in [6.45, 7) is 0. The Bertz CT molecular complexity index is 925. The van der Waals surface area contributed by atoms with Gasteiger partial charge >= 0.3 is 5.97 Å². The van der Waals surface area contributed by atoms with Crippen molar-refractivity contribution >= 4 is 55.5 Å². The number of benzene rings is 2. The number of halogens is 2. The Morgan fingerprint density at radius 2 is 1.85 bits per heavy atom. The fourth-order valence-electron chi connectivity index (χ4n) is 2.14. The molecule has 0 atom stereocenters. The Balaban J connectivity index is 2.34. The summed E-state index contributed by atoms with van der Waals surface area (Å²) in [6, 6.07) is 11.2. The van der Waals surface area contributed by atoms with E-state index in [0.717, 1.165) is 0 Å². The number of hydrogen-bond donors (Lipinski definition) is 2. The highest BCUT2D eigenvalue weighted by molar-refractivity contribution is 9.11. The average molecular weight is 480 g/mol. The van der Waals surface area contributed by atoms with Gasteiger partial charge in [0.15, 0.2) is 0 Å². The van der Waals surface area contributed by atoms with Crippen molar-refractivity contribution in [2.24, 2.45) is 0 Å². The van der Waals surface area contributed by atoms with Gasteiger partial charge in [-0.15, -0.1) is 0 Å². The van der Waals surface area contributed by atoms with E-state index in [1.165, 1.54) is 25.3 Å². The van der Waals surface area contributed by atoms with Crippen LogP contribution in [0.2, 0.25) is 0 Å². The summed E-state index contributed by atoms with van der Waals surface area (Å²) in [5, 5.41) is 20.9. The van der Waals surface area contributed by atoms with Crippen LogP contribution in [-0.4, -0.2) is 24.1 Å². The van der Waals surface area contributed by atoms with Gasteiger partial charge in [0, 0.05) is 0 Å². The van der Waals surface area contributed by atoms with E-state index in [2.05, 4.69) is 37.2 Å². The molecule has 26 heavy (non-hydrogen) atoms. The first kappa shape index (κ1) is 19.7. The predicted molar refractivity (Wildman–Crippen MR) is 104 cm³/mol. The first-order chi connectivity index (χ1) is 12.4. The van der Waals surface area contributed by atoms with Crippen LogP contribution in [0.5, 0.6) is 5.75 Å². The van der Waals surface area contributed by atoms with Crippen LogP contribution in [0.15, 0.2) is 50.9 Å². The molecular formula is C18H12Br2N2O4. The molecule has 8 heteroatoms. The van der Waals surface area contributed by atoms with Crippen molar-refractivity contribution in [2.75, 3.05) is 12.4 Å². The minimum Gasteiger partial charge on any atom is -0.494 e. The van der Waals surface area contributed by atoms with E-state index >= 15 is 0 Å². The molecule has 0 heterocycles. The lowest BCUT2D eigenvalue weighted by Crippen LogP contribution is -2.16. The number of nitrogens with one attached hydrogen (secondary N) is 1. The lowest BCUT2D eigenvalue weighted by Gasteiger charge is -2.09. The van der Waals surface area contributed by atoms with Crippen LogP contribution < -0.4 is 10.1 Å². The predicted octanol–water partition coefficient (Wildman–Crippen LogP) is 4.46. The smallest absolute Gasteiger partial charge is 0.337 e. The zero-order chi connectivity index (χ0) is 19.3. The van der Waals surface area contributed by atoms with Gasteiger partial charge in [-0.3, -0.25) is 4.79 Å². The number of para-hydroxylation sites is 1. The minimum absolute atomic E-state index is 0.0620. The Kier molecular flexibility index (Phi) is 6.55. The summed E-state index contributed by atoms with van der Waals surface area (Å²) in [6.07, 6.45) is 1.40. The number of aromatic carboxylic acids is 1. The van der Waals surface area contributed by atoms with Crippen LogP contribution in [0.3, 0.4) is 0 Å². The second kappa shape index (κ2) is 8.65. The third kappa shape index (κ3) is 4.50. The van der Waals surface area contributed by atoms with Crippen LogP contribution in [-0.2, 0) is 4.79 Å². The van der Waals surface area contributed by atoms with E-state index in [9.17, 15) is 14.9 Å². The summed E-state index contributed by atoms with van der Waals surface area (Å²) >= 11 is 6.71. The number of anilines is 1. The molecule has 0 radical (unpaired) electrons. The standard InChI is InChI=1S/C18H12Br2N2O4/c1-26-16-13(19)7-10(8-14(16)20)6-11(9-21)17(23)22-15-5-3-2-4-12(15)18(24)25/h2-8H,1H3,(H,22,23)(H,24,25)/b11-6+. The molecule has 0 fully saturated rings. The van der Waals surface area contributed by atoms with Crippen LogP contribution >= 0.6 is 31.9 Å². The van der Waals surface area contributed by atoms with Gasteiger partial charge in [0.25, 0.3) is 5.91 Å². The maximum absolute atomic E-state index is 12.4. The molecule has 2 N–H and O–H groups in total. The lowest BCUT2D eigenvalue weighted by molar-refractivity contribution is -0.112. The number of methoxy groups -OCH3 is 1. The molecule has 2 aromatic rings. The Morgan fingerprint density at radius 3 is 2.38 bits per heavy atom. The molecular weight excluding hydrogens is 468 g/mol. The molecule has 0 aliphatic rings. The number of rotatable bonds is 5. The normalized spacial score (nSPS) is 10.8. The van der Waals surface area contributed by atoms with Crippen molar-refractivity contribution in [3.63, 3.8) is 0 Å². The van der Waals surface area contributed by atoms with E-state index < -0.39 is 11.9 Å². The van der Waals surface area contributed by atoms with Gasteiger partial charge in [0.05, 0.1) is 27.3 Å². The van der Waals surface area contributed by atoms with Gasteiger partial charge in [-0.2, -0.15) is 5.26 Å². The third-order valence-corrected chi connectivity index (χ3v) is 4.48. The summed E-state index contributed by atoms with van der Waals surface area (Å²) in [4.78, 5) is 23.6. The molecule has 0 saturated carbocycles. The molecule has 0 aromatic heterocycles. The quantitative estimate of drug-likeness (QED) is 0.487. The molecule has 132 valence electrons. The van der Waals surface area contributed by atoms with Crippen molar-refractivity contribution in [1.29, 1.82) is 5.26 Å². The number of ether oxygens (including phenoxy) is 1. The summed E-state index contributed by atoms with van der Waals surface area (Å²) in [5.74, 6) is -1.30. The largest absolute Gasteiger partial charge is 0.494 e. The molecule has 0 aliphatic carbocycles. The van der Waals surface area contributed by atoms with Crippen LogP contribution in [0.25, 0.3) is 6.08 Å². The van der Waals surface area contributed by atoms with Crippen molar-refractivity contribution in [1.82, 2.24) is 0 Å². The highest BCUT2D eigenvalue weighted by Crippen LogP contribution is 2.35. The van der Waals surface area contributed by atoms with Crippen LogP contribution in [0, 0.1) is 11.3 Å². The number of nitriles is 1. The van der Waals surface area contributed by atoms with Crippen LogP contribution in [0.1, 0.15) is 15.9 Å². The van der Waals surface area contributed by atoms with Crippen molar-refractivity contribution in [3.8, 4) is 11.8 Å². The van der Waals surface area contributed by atoms with Crippen molar-refractivity contribution < 1.29 is 19.4 Å². The van der Waals surface area contributed by atoms with Gasteiger partial charge in [0.1, 0.15) is 17.4 Å². The second-order valence-electron chi connectivity index (χ2n) is 4.99. The van der Waals surface area contributed by atoms with Gasteiger partial charge < -0.3 is 15.2 Å². The van der Waals surface area contributed by atoms with E-state index in [1.807, 2.05) is 6.07 Å². The maximum atomic E-state index is 12.4. The molecule has 2 rings (SSSR count). The highest BCUT2D eigenvalue weighted by atomic mass is 79.9. The highest BCUT2D eigenvalue weighted by Gasteiger charge is 2.15. The minimum atomic E-state index is -1.17. The summed E-state index contributed by atoms with van der Waals surface area (Å²) in [7, 11) is 1.52. The third-order valence-electron chi connectivity index (χ3n) is 3.31. The summed E-state index contributed by atoms with van der Waals surface area (Å²) in [5.41, 5.74) is 0.466. The number of carbonyl (C=O) groups excluding carboxylic acids is 1. The van der Waals surface area contributed by atoms with Crippen LogP contribution in [0.4, 0.5) is 5.69 Å². The molecule has 0 saturated heterocycles. The second-order valence-corrected chi connectivity index (χ2v) is 6.70. The van der Waals surface area contributed by atoms with E-state index in [1.54, 1.807) is 24.3 Å². The molecule has 1 amide bonds. The number of carbonyl (C=O) groups is 2. The summed E-state index contributed by atoms with van der Waals surface area (Å²) < 4.78 is 6.51. The first-order valence-corrected chi connectivity index (χ1v) is 8.74. The zero-order valence-corrected chi connectivity index (χ0v) is 16.6. The average Bonchev–Trinajstić information content (AvgIpc) is 2.59. The number of nitrogens with zero attached hydrogens (tertiary/aromatic N) is 1. The molecule has 0 bridgehead atoms. The Morgan fingerprint density at radius 1 is 1.23 bits per heavy atom. The number of carboxylic acids is 1. The van der Waals surface area contributed by atoms with Gasteiger partial charge in [-0.1, -0.05) is 12.1 Å². The fourth-order valence-corrected chi connectivity index (χ4v) is 3.69. The van der Waals surface area contributed by atoms with Gasteiger partial charge in [0.2, 0.25) is 0 Å². The topological polar surface area (TPSA) is 99.4 Å². The van der Waals surface area contributed by atoms with E-state index in [0.29, 0.717) is 20.3 Å². The SMILES string of the molecule is COc1c(Br)cc(/C=C(\C#N)C(=O)Nc2ccccc2C(=O)O)cc1Br. The molecule has 0 unspecified atom stereocenters. The van der Waals surface area contributed by atoms with E-state index in [-0.39, 0.29) is 16.8 Å². The molecule has 0 aliphatic heterocycles.